The number of anilines is 1. The summed E-state index contributed by atoms with van der Waals surface area (Å²) in [6.07, 6.45) is 2.11. The Morgan fingerprint density at radius 3 is 2.83 bits per heavy atom. The maximum absolute atomic E-state index is 5.49. The fraction of sp³-hybridized carbons (Fsp3) is 0.118. The van der Waals surface area contributed by atoms with Crippen molar-refractivity contribution in [3.8, 4) is 11.5 Å². The normalized spacial score (nSPS) is 17.8. The molecule has 1 aromatic heterocycles. The van der Waals surface area contributed by atoms with E-state index in [4.69, 9.17) is 9.47 Å². The SMILES string of the molecule is C1=C(c2ccccc2)Nc2nnnn2C1c1ccc2c(c1)OCO2. The number of allylic oxidation sites excluding steroid dienone is 1. The van der Waals surface area contributed by atoms with Crippen molar-refractivity contribution in [2.24, 2.45) is 0 Å². The molecule has 1 unspecified atom stereocenters. The Bertz CT molecular complexity index is 935. The van der Waals surface area contributed by atoms with Crippen LogP contribution in [-0.2, 0) is 0 Å². The van der Waals surface area contributed by atoms with E-state index < -0.39 is 0 Å². The van der Waals surface area contributed by atoms with Crippen LogP contribution in [-0.4, -0.2) is 27.0 Å². The van der Waals surface area contributed by atoms with Crippen molar-refractivity contribution in [3.05, 3.63) is 65.7 Å². The standard InChI is InChI=1S/C17H13N5O2/c1-2-4-11(5-3-1)13-9-14(22-17(18-13)19-20-21-22)12-6-7-15-16(8-12)24-10-23-15/h1-9,14H,10H2,(H,18,19,21). The van der Waals surface area contributed by atoms with Gasteiger partial charge < -0.3 is 14.8 Å². The lowest BCUT2D eigenvalue weighted by Gasteiger charge is -2.23. The molecule has 5 rings (SSSR count). The Kier molecular flexibility index (Phi) is 2.78. The second kappa shape index (κ2) is 5.09. The first-order valence-electron chi connectivity index (χ1n) is 7.60. The number of rotatable bonds is 2. The Labute approximate surface area is 137 Å². The number of nitrogens with one attached hydrogen (secondary N) is 1. The maximum atomic E-state index is 5.49. The molecule has 24 heavy (non-hydrogen) atoms. The zero-order valence-corrected chi connectivity index (χ0v) is 12.6. The van der Waals surface area contributed by atoms with Crippen LogP contribution in [0.4, 0.5) is 5.95 Å². The molecule has 2 aliphatic rings. The summed E-state index contributed by atoms with van der Waals surface area (Å²) < 4.78 is 12.6. The van der Waals surface area contributed by atoms with Crippen molar-refractivity contribution < 1.29 is 9.47 Å². The zero-order chi connectivity index (χ0) is 15.9. The Morgan fingerprint density at radius 2 is 1.92 bits per heavy atom. The minimum atomic E-state index is -0.124. The van der Waals surface area contributed by atoms with Gasteiger partial charge in [0.1, 0.15) is 6.04 Å². The van der Waals surface area contributed by atoms with Gasteiger partial charge in [0.25, 0.3) is 0 Å². The summed E-state index contributed by atoms with van der Waals surface area (Å²) in [5.41, 5.74) is 3.08. The molecule has 3 heterocycles. The van der Waals surface area contributed by atoms with Crippen molar-refractivity contribution in [2.75, 3.05) is 12.1 Å². The second-order valence-electron chi connectivity index (χ2n) is 5.58. The summed E-state index contributed by atoms with van der Waals surface area (Å²) in [4.78, 5) is 0. The van der Waals surface area contributed by atoms with E-state index in [1.54, 1.807) is 4.68 Å². The summed E-state index contributed by atoms with van der Waals surface area (Å²) in [5, 5.41) is 15.3. The van der Waals surface area contributed by atoms with E-state index in [2.05, 4.69) is 39.1 Å². The second-order valence-corrected chi connectivity index (χ2v) is 5.58. The van der Waals surface area contributed by atoms with Gasteiger partial charge in [-0.1, -0.05) is 41.5 Å². The van der Waals surface area contributed by atoms with Crippen molar-refractivity contribution in [2.45, 2.75) is 6.04 Å². The smallest absolute Gasteiger partial charge is 0.248 e. The Hall–Kier alpha value is -3.35. The molecule has 0 saturated heterocycles. The van der Waals surface area contributed by atoms with Crippen LogP contribution in [0, 0.1) is 0 Å². The van der Waals surface area contributed by atoms with Gasteiger partial charge in [0.2, 0.25) is 12.7 Å². The van der Waals surface area contributed by atoms with Crippen LogP contribution in [0.3, 0.4) is 0 Å². The quantitative estimate of drug-likeness (QED) is 0.782. The molecule has 0 aliphatic carbocycles. The maximum Gasteiger partial charge on any atom is 0.248 e. The van der Waals surface area contributed by atoms with E-state index in [0.717, 1.165) is 28.3 Å². The monoisotopic (exact) mass is 319 g/mol. The first kappa shape index (κ1) is 13.1. The van der Waals surface area contributed by atoms with E-state index in [0.29, 0.717) is 5.95 Å². The van der Waals surface area contributed by atoms with Gasteiger partial charge in [0.15, 0.2) is 11.5 Å². The third-order valence-corrected chi connectivity index (χ3v) is 4.15. The van der Waals surface area contributed by atoms with E-state index in [-0.39, 0.29) is 12.8 Å². The van der Waals surface area contributed by atoms with Gasteiger partial charge in [-0.05, 0) is 39.8 Å². The number of fused-ring (bicyclic) bond motifs is 2. The highest BCUT2D eigenvalue weighted by Crippen LogP contribution is 2.37. The number of hydrogen-bond donors (Lipinski definition) is 1. The van der Waals surface area contributed by atoms with Crippen LogP contribution in [0.15, 0.2) is 54.6 Å². The molecule has 1 N–H and O–H groups in total. The minimum absolute atomic E-state index is 0.124. The number of hydrogen-bond acceptors (Lipinski definition) is 6. The lowest BCUT2D eigenvalue weighted by atomic mass is 10.0. The Balaban J connectivity index is 1.62. The number of ether oxygens (including phenoxy) is 2. The predicted octanol–water partition coefficient (Wildman–Crippen LogP) is 2.46. The molecule has 1 atom stereocenters. The van der Waals surface area contributed by atoms with Gasteiger partial charge in [-0.3, -0.25) is 0 Å². The van der Waals surface area contributed by atoms with Crippen LogP contribution >= 0.6 is 0 Å². The van der Waals surface area contributed by atoms with Crippen LogP contribution in [0.5, 0.6) is 11.5 Å². The zero-order valence-electron chi connectivity index (χ0n) is 12.6. The number of nitrogens with zero attached hydrogens (tertiary/aromatic N) is 4. The molecule has 0 fully saturated rings. The molecule has 3 aromatic rings. The molecule has 7 heteroatoms. The lowest BCUT2D eigenvalue weighted by molar-refractivity contribution is 0.174. The van der Waals surface area contributed by atoms with Gasteiger partial charge in [-0.15, -0.1) is 0 Å². The third-order valence-electron chi connectivity index (χ3n) is 4.15. The molecular formula is C17H13N5O2. The Morgan fingerprint density at radius 1 is 1.04 bits per heavy atom. The van der Waals surface area contributed by atoms with Gasteiger partial charge in [-0.2, -0.15) is 4.68 Å². The van der Waals surface area contributed by atoms with Crippen LogP contribution < -0.4 is 14.8 Å². The van der Waals surface area contributed by atoms with E-state index in [1.165, 1.54) is 0 Å². The van der Waals surface area contributed by atoms with Crippen molar-refractivity contribution in [1.82, 2.24) is 20.2 Å². The highest BCUT2D eigenvalue weighted by atomic mass is 16.7. The molecular weight excluding hydrogens is 306 g/mol. The summed E-state index contributed by atoms with van der Waals surface area (Å²) in [6.45, 7) is 0.256. The number of benzene rings is 2. The molecule has 0 bridgehead atoms. The third kappa shape index (κ3) is 2.02. The molecule has 2 aliphatic heterocycles. The summed E-state index contributed by atoms with van der Waals surface area (Å²) >= 11 is 0. The van der Waals surface area contributed by atoms with Crippen molar-refractivity contribution >= 4 is 11.6 Å². The van der Waals surface area contributed by atoms with Crippen LogP contribution in [0.1, 0.15) is 17.2 Å². The van der Waals surface area contributed by atoms with E-state index in [1.807, 2.05) is 36.4 Å². The highest BCUT2D eigenvalue weighted by molar-refractivity contribution is 5.77. The lowest BCUT2D eigenvalue weighted by Crippen LogP contribution is -2.20. The van der Waals surface area contributed by atoms with Crippen LogP contribution in [0.25, 0.3) is 5.70 Å². The molecule has 7 nitrogen and oxygen atoms in total. The van der Waals surface area contributed by atoms with Crippen molar-refractivity contribution in [1.29, 1.82) is 0 Å². The first-order valence-corrected chi connectivity index (χ1v) is 7.60. The molecule has 2 aromatic carbocycles. The highest BCUT2D eigenvalue weighted by Gasteiger charge is 2.26. The molecule has 0 radical (unpaired) electrons. The minimum Gasteiger partial charge on any atom is -0.454 e. The van der Waals surface area contributed by atoms with Gasteiger partial charge in [0, 0.05) is 5.70 Å². The summed E-state index contributed by atoms with van der Waals surface area (Å²) in [6, 6.07) is 15.9. The number of tetrazole rings is 1. The average Bonchev–Trinajstić information content (AvgIpc) is 3.29. The molecule has 118 valence electrons. The average molecular weight is 319 g/mol. The molecule has 0 spiro atoms. The first-order chi connectivity index (χ1) is 11.9. The summed E-state index contributed by atoms with van der Waals surface area (Å²) in [5.74, 6) is 2.12. The summed E-state index contributed by atoms with van der Waals surface area (Å²) in [7, 11) is 0. The molecule has 0 saturated carbocycles. The topological polar surface area (TPSA) is 74.1 Å². The largest absolute Gasteiger partial charge is 0.454 e. The van der Waals surface area contributed by atoms with E-state index >= 15 is 0 Å². The fourth-order valence-electron chi connectivity index (χ4n) is 2.97. The number of aromatic nitrogens is 4. The van der Waals surface area contributed by atoms with Gasteiger partial charge in [0.05, 0.1) is 0 Å². The van der Waals surface area contributed by atoms with Crippen LogP contribution in [0.2, 0.25) is 0 Å². The fourth-order valence-corrected chi connectivity index (χ4v) is 2.97. The van der Waals surface area contributed by atoms with Gasteiger partial charge >= 0.3 is 0 Å². The molecule has 0 amide bonds. The van der Waals surface area contributed by atoms with Gasteiger partial charge in [-0.25, -0.2) is 0 Å². The van der Waals surface area contributed by atoms with E-state index in [9.17, 15) is 0 Å². The van der Waals surface area contributed by atoms with Crippen molar-refractivity contribution in [3.63, 3.8) is 0 Å². The predicted molar refractivity (Wildman–Crippen MR) is 86.6 cm³/mol.